The number of pyridine rings is 2. The van der Waals surface area contributed by atoms with Crippen LogP contribution in [-0.4, -0.2) is 57.1 Å². The van der Waals surface area contributed by atoms with E-state index in [2.05, 4.69) is 32.1 Å². The van der Waals surface area contributed by atoms with Crippen LogP contribution in [0.4, 0.5) is 0 Å². The summed E-state index contributed by atoms with van der Waals surface area (Å²) in [6.45, 7) is 3.99. The highest BCUT2D eigenvalue weighted by atomic mass is 32.1. The van der Waals surface area contributed by atoms with Crippen molar-refractivity contribution in [2.45, 2.75) is 32.3 Å². The molecule has 1 aliphatic heterocycles. The van der Waals surface area contributed by atoms with E-state index in [9.17, 15) is 4.79 Å². The smallest absolute Gasteiger partial charge is 0.168 e. The van der Waals surface area contributed by atoms with E-state index in [0.29, 0.717) is 5.56 Å². The zero-order chi connectivity index (χ0) is 22.8. The van der Waals surface area contributed by atoms with Gasteiger partial charge in [0.1, 0.15) is 22.6 Å². The van der Waals surface area contributed by atoms with Crippen LogP contribution in [0, 0.1) is 6.92 Å². The number of hydrogen-bond acceptors (Lipinski definition) is 8. The number of aromatic nitrogens is 4. The first-order chi connectivity index (χ1) is 16.0. The molecule has 1 aromatic carbocycles. The molecule has 0 amide bonds. The minimum absolute atomic E-state index is 0.0182. The molecule has 1 fully saturated rings. The normalized spacial score (nSPS) is 15.1. The molecule has 0 radical (unpaired) electrons. The van der Waals surface area contributed by atoms with Crippen molar-refractivity contribution in [1.82, 2.24) is 25.1 Å². The van der Waals surface area contributed by atoms with E-state index in [-0.39, 0.29) is 18.3 Å². The Labute approximate surface area is 196 Å². The Morgan fingerprint density at radius 2 is 1.91 bits per heavy atom. The van der Waals surface area contributed by atoms with Gasteiger partial charge in [-0.2, -0.15) is 0 Å². The van der Waals surface area contributed by atoms with Gasteiger partial charge < -0.3 is 9.64 Å². The summed E-state index contributed by atoms with van der Waals surface area (Å²) in [5, 5.41) is 11.8. The zero-order valence-electron chi connectivity index (χ0n) is 18.7. The zero-order valence-corrected chi connectivity index (χ0v) is 19.5. The van der Waals surface area contributed by atoms with Crippen molar-refractivity contribution >= 4 is 27.9 Å². The minimum atomic E-state index is 0.0182. The highest BCUT2D eigenvalue weighted by Crippen LogP contribution is 2.25. The fourth-order valence-corrected chi connectivity index (χ4v) is 4.66. The van der Waals surface area contributed by atoms with E-state index >= 15 is 0 Å². The van der Waals surface area contributed by atoms with Gasteiger partial charge in [0.15, 0.2) is 10.8 Å². The number of carbonyl (C=O) groups is 1. The molecule has 0 unspecified atom stereocenters. The van der Waals surface area contributed by atoms with Crippen LogP contribution in [0.2, 0.25) is 0 Å². The molecule has 1 saturated heterocycles. The molecule has 0 atom stereocenters. The van der Waals surface area contributed by atoms with Crippen LogP contribution in [0.3, 0.4) is 0 Å². The maximum absolute atomic E-state index is 13.0. The van der Waals surface area contributed by atoms with E-state index in [1.807, 2.05) is 43.3 Å². The number of carbonyl (C=O) groups excluding carboxylic acids is 1. The van der Waals surface area contributed by atoms with Gasteiger partial charge in [-0.25, -0.2) is 0 Å². The number of rotatable bonds is 6. The second-order valence-corrected chi connectivity index (χ2v) is 9.65. The highest BCUT2D eigenvalue weighted by Gasteiger charge is 2.18. The molecule has 0 bridgehead atoms. The van der Waals surface area contributed by atoms with Gasteiger partial charge in [0, 0.05) is 42.1 Å². The summed E-state index contributed by atoms with van der Waals surface area (Å²) < 4.78 is 6.15. The molecule has 1 aliphatic rings. The molecule has 5 rings (SSSR count). The first-order valence-corrected chi connectivity index (χ1v) is 11.9. The lowest BCUT2D eigenvalue weighted by Gasteiger charge is -2.29. The van der Waals surface area contributed by atoms with Gasteiger partial charge in [-0.1, -0.05) is 23.5 Å². The largest absolute Gasteiger partial charge is 0.490 e. The summed E-state index contributed by atoms with van der Waals surface area (Å²) in [7, 11) is 2.13. The third kappa shape index (κ3) is 5.07. The third-order valence-corrected chi connectivity index (χ3v) is 6.73. The van der Waals surface area contributed by atoms with Crippen LogP contribution >= 0.6 is 11.3 Å². The molecule has 0 N–H and O–H groups in total. The van der Waals surface area contributed by atoms with Gasteiger partial charge in [-0.3, -0.25) is 14.8 Å². The second-order valence-electron chi connectivity index (χ2n) is 8.47. The predicted molar refractivity (Wildman–Crippen MR) is 129 cm³/mol. The van der Waals surface area contributed by atoms with E-state index in [1.54, 1.807) is 12.4 Å². The molecule has 8 heteroatoms. The molecule has 4 aromatic rings. The van der Waals surface area contributed by atoms with Gasteiger partial charge in [-0.05, 0) is 56.5 Å². The summed E-state index contributed by atoms with van der Waals surface area (Å²) in [5.74, 6) is 0.773. The van der Waals surface area contributed by atoms with Crippen molar-refractivity contribution in [1.29, 1.82) is 0 Å². The van der Waals surface area contributed by atoms with Crippen molar-refractivity contribution in [3.63, 3.8) is 0 Å². The number of aryl methyl sites for hydroxylation is 1. The van der Waals surface area contributed by atoms with E-state index in [4.69, 9.17) is 4.74 Å². The molecule has 0 aliphatic carbocycles. The molecular weight excluding hydrogens is 434 g/mol. The number of nitrogens with zero attached hydrogens (tertiary/aromatic N) is 5. The second kappa shape index (κ2) is 9.33. The number of ketones is 1. The van der Waals surface area contributed by atoms with Gasteiger partial charge >= 0.3 is 0 Å². The predicted octanol–water partition coefficient (Wildman–Crippen LogP) is 4.36. The molecule has 7 nitrogen and oxygen atoms in total. The van der Waals surface area contributed by atoms with Crippen LogP contribution in [0.25, 0.3) is 21.5 Å². The first kappa shape index (κ1) is 21.6. The Balaban J connectivity index is 1.31. The van der Waals surface area contributed by atoms with E-state index in [0.717, 1.165) is 63.9 Å². The summed E-state index contributed by atoms with van der Waals surface area (Å²) in [4.78, 5) is 24.3. The average Bonchev–Trinajstić information content (AvgIpc) is 3.26. The van der Waals surface area contributed by atoms with Crippen molar-refractivity contribution < 1.29 is 9.53 Å². The number of ether oxygens (including phenoxy) is 1. The molecule has 33 heavy (non-hydrogen) atoms. The van der Waals surface area contributed by atoms with Gasteiger partial charge in [-0.15, -0.1) is 10.2 Å². The van der Waals surface area contributed by atoms with Crippen LogP contribution in [0.15, 0.2) is 48.8 Å². The summed E-state index contributed by atoms with van der Waals surface area (Å²) >= 11 is 1.51. The summed E-state index contributed by atoms with van der Waals surface area (Å²) in [5.41, 5.74) is 2.14. The quantitative estimate of drug-likeness (QED) is 0.396. The Bertz CT molecular complexity index is 1300. The standard InChI is InChI=1S/C25H25N5O2S/c1-16-28-29-25(33-16)23-12-18-10-20(26-14-19(18)15-27-23)13-24(31)17-4-3-5-22(11-17)32-21-6-8-30(2)9-7-21/h3-5,10-12,14-15,21H,6-9,13H2,1-2H3. The van der Waals surface area contributed by atoms with Gasteiger partial charge in [0.2, 0.25) is 0 Å². The molecule has 168 valence electrons. The molecular formula is C25H25N5O2S. The Morgan fingerprint density at radius 1 is 1.09 bits per heavy atom. The molecule has 3 aromatic heterocycles. The van der Waals surface area contributed by atoms with Crippen LogP contribution in [0.1, 0.15) is 33.9 Å². The molecule has 0 saturated carbocycles. The van der Waals surface area contributed by atoms with Crippen molar-refractivity contribution in [3.8, 4) is 16.5 Å². The Kier molecular flexibility index (Phi) is 6.11. The third-order valence-electron chi connectivity index (χ3n) is 5.87. The summed E-state index contributed by atoms with van der Waals surface area (Å²) in [6, 6.07) is 11.4. The average molecular weight is 460 g/mol. The molecule has 0 spiro atoms. The fourth-order valence-electron chi connectivity index (χ4n) is 4.00. The number of piperidine rings is 1. The first-order valence-electron chi connectivity index (χ1n) is 11.1. The topological polar surface area (TPSA) is 81.1 Å². The number of likely N-dealkylation sites (tertiary alicyclic amines) is 1. The number of fused-ring (bicyclic) bond motifs is 1. The van der Waals surface area contributed by atoms with E-state index < -0.39 is 0 Å². The van der Waals surface area contributed by atoms with Crippen LogP contribution < -0.4 is 4.74 Å². The SMILES string of the molecule is Cc1nnc(-c2cc3cc(CC(=O)c4cccc(OC5CCN(C)CC5)c4)ncc3cn2)s1. The molecule has 4 heterocycles. The lowest BCUT2D eigenvalue weighted by molar-refractivity contribution is 0.0988. The van der Waals surface area contributed by atoms with Crippen LogP contribution in [-0.2, 0) is 6.42 Å². The number of benzene rings is 1. The Hall–Kier alpha value is -3.23. The number of Topliss-reactive ketones (excluding diaryl/α,β-unsaturated/α-hetero) is 1. The lowest BCUT2D eigenvalue weighted by Crippen LogP contribution is -2.35. The summed E-state index contributed by atoms with van der Waals surface area (Å²) in [6.07, 6.45) is 5.98. The van der Waals surface area contributed by atoms with Gasteiger partial charge in [0.05, 0.1) is 6.42 Å². The fraction of sp³-hybridized carbons (Fsp3) is 0.320. The van der Waals surface area contributed by atoms with Crippen molar-refractivity contribution in [2.24, 2.45) is 0 Å². The lowest BCUT2D eigenvalue weighted by atomic mass is 10.0. The number of hydrogen-bond donors (Lipinski definition) is 0. The van der Waals surface area contributed by atoms with Crippen LogP contribution in [0.5, 0.6) is 5.75 Å². The van der Waals surface area contributed by atoms with Gasteiger partial charge in [0.25, 0.3) is 0 Å². The maximum Gasteiger partial charge on any atom is 0.168 e. The maximum atomic E-state index is 13.0. The Morgan fingerprint density at radius 3 is 2.70 bits per heavy atom. The highest BCUT2D eigenvalue weighted by molar-refractivity contribution is 7.14. The van der Waals surface area contributed by atoms with Crippen molar-refractivity contribution in [3.05, 3.63) is 65.1 Å². The minimum Gasteiger partial charge on any atom is -0.490 e. The van der Waals surface area contributed by atoms with Crippen molar-refractivity contribution in [2.75, 3.05) is 20.1 Å². The monoisotopic (exact) mass is 459 g/mol. The van der Waals surface area contributed by atoms with E-state index in [1.165, 1.54) is 11.3 Å².